The first-order chi connectivity index (χ1) is 13.3. The minimum Gasteiger partial charge on any atom is -0.379 e. The summed E-state index contributed by atoms with van der Waals surface area (Å²) in [7, 11) is 0. The van der Waals surface area contributed by atoms with Crippen LogP contribution in [0.4, 0.5) is 0 Å². The fourth-order valence-corrected chi connectivity index (χ4v) is 5.21. The van der Waals surface area contributed by atoms with Crippen LogP contribution < -0.4 is 10.6 Å². The van der Waals surface area contributed by atoms with E-state index in [4.69, 9.17) is 4.74 Å². The molecule has 4 rings (SSSR count). The number of carbonyl (C=O) groups is 1. The number of morpholine rings is 1. The van der Waals surface area contributed by atoms with Crippen LogP contribution in [0.25, 0.3) is 0 Å². The maximum atomic E-state index is 13.2. The molecule has 0 aromatic carbocycles. The standard InChI is InChI=1S/C21H32N4O2.2ClH/c26-20(24-10-4-17-2-7-22-8-3-17)21-6-1-19(25-11-13-27-14-12-25)15-18(21)5-9-23-16-21;;/h2-3,7-8,18-19,23H,1,4-6,9-16H2,(H,24,26);2*1H/t18-,19+,21-;;/m1../s1. The van der Waals surface area contributed by atoms with Crippen LogP contribution in [0.2, 0.25) is 0 Å². The number of fused-ring (bicyclic) bond motifs is 1. The van der Waals surface area contributed by atoms with Gasteiger partial charge in [0.2, 0.25) is 5.91 Å². The summed E-state index contributed by atoms with van der Waals surface area (Å²) in [6.45, 7) is 6.35. The average molecular weight is 445 g/mol. The van der Waals surface area contributed by atoms with Crippen molar-refractivity contribution in [2.24, 2.45) is 11.3 Å². The highest BCUT2D eigenvalue weighted by Gasteiger charge is 2.50. The van der Waals surface area contributed by atoms with E-state index in [-0.39, 0.29) is 36.1 Å². The summed E-state index contributed by atoms with van der Waals surface area (Å²) in [6, 6.07) is 4.65. The number of rotatable bonds is 5. The molecule has 2 aliphatic heterocycles. The lowest BCUT2D eigenvalue weighted by atomic mass is 9.61. The Bertz CT molecular complexity index is 630. The normalized spacial score (nSPS) is 29.7. The first-order valence-corrected chi connectivity index (χ1v) is 10.5. The molecule has 0 bridgehead atoms. The Kier molecular flexibility index (Phi) is 9.63. The van der Waals surface area contributed by atoms with Crippen molar-refractivity contribution in [1.82, 2.24) is 20.5 Å². The van der Waals surface area contributed by atoms with Crippen LogP contribution in [0.1, 0.15) is 31.2 Å². The number of pyridine rings is 1. The second-order valence-corrected chi connectivity index (χ2v) is 8.26. The van der Waals surface area contributed by atoms with Crippen LogP contribution in [0, 0.1) is 11.3 Å². The molecule has 2 N–H and O–H groups in total. The van der Waals surface area contributed by atoms with Gasteiger partial charge in [-0.25, -0.2) is 0 Å². The molecule has 1 aromatic heterocycles. The molecule has 3 aliphatic rings. The largest absolute Gasteiger partial charge is 0.379 e. The first-order valence-electron chi connectivity index (χ1n) is 10.5. The highest BCUT2D eigenvalue weighted by atomic mass is 35.5. The monoisotopic (exact) mass is 444 g/mol. The maximum Gasteiger partial charge on any atom is 0.227 e. The summed E-state index contributed by atoms with van der Waals surface area (Å²) < 4.78 is 5.52. The first kappa shape index (κ1) is 24.4. The van der Waals surface area contributed by atoms with Crippen LogP contribution in [-0.2, 0) is 16.0 Å². The number of amides is 1. The molecule has 2 saturated heterocycles. The van der Waals surface area contributed by atoms with Crippen LogP contribution in [0.15, 0.2) is 24.5 Å². The van der Waals surface area contributed by atoms with E-state index in [1.54, 1.807) is 0 Å². The van der Waals surface area contributed by atoms with Gasteiger partial charge in [-0.1, -0.05) is 0 Å². The third-order valence-corrected chi connectivity index (χ3v) is 6.83. The van der Waals surface area contributed by atoms with Crippen LogP contribution in [-0.4, -0.2) is 67.8 Å². The Morgan fingerprint density at radius 2 is 2.00 bits per heavy atom. The molecular formula is C21H34Cl2N4O2. The van der Waals surface area contributed by atoms with E-state index in [0.29, 0.717) is 18.5 Å². The lowest BCUT2D eigenvalue weighted by Crippen LogP contribution is -2.60. The van der Waals surface area contributed by atoms with E-state index in [9.17, 15) is 4.79 Å². The Morgan fingerprint density at radius 3 is 2.76 bits per heavy atom. The van der Waals surface area contributed by atoms with E-state index in [2.05, 4.69) is 20.5 Å². The summed E-state index contributed by atoms with van der Waals surface area (Å²) in [6.07, 6.45) is 8.86. The molecule has 8 heteroatoms. The number of aromatic nitrogens is 1. The zero-order chi connectivity index (χ0) is 18.5. The molecule has 0 unspecified atom stereocenters. The van der Waals surface area contributed by atoms with Gasteiger partial charge in [-0.2, -0.15) is 0 Å². The van der Waals surface area contributed by atoms with E-state index in [1.165, 1.54) is 5.56 Å². The third kappa shape index (κ3) is 5.61. The number of halogens is 2. The van der Waals surface area contributed by atoms with Crippen molar-refractivity contribution in [3.8, 4) is 0 Å². The summed E-state index contributed by atoms with van der Waals surface area (Å²) >= 11 is 0. The zero-order valence-electron chi connectivity index (χ0n) is 17.0. The molecule has 1 amide bonds. The Balaban J connectivity index is 0.00000150. The lowest BCUT2D eigenvalue weighted by Gasteiger charge is -2.50. The van der Waals surface area contributed by atoms with Gasteiger partial charge in [-0.15, -0.1) is 24.8 Å². The van der Waals surface area contributed by atoms with Crippen molar-refractivity contribution >= 4 is 30.7 Å². The molecule has 29 heavy (non-hydrogen) atoms. The molecule has 0 radical (unpaired) electrons. The van der Waals surface area contributed by atoms with Crippen LogP contribution >= 0.6 is 24.8 Å². The van der Waals surface area contributed by atoms with E-state index in [1.807, 2.05) is 24.5 Å². The predicted molar refractivity (Wildman–Crippen MR) is 119 cm³/mol. The van der Waals surface area contributed by atoms with Crippen molar-refractivity contribution in [2.75, 3.05) is 45.9 Å². The SMILES string of the molecule is Cl.Cl.O=C(NCCc1ccncc1)[C@@]12CC[C@H](N3CCOCC3)C[C@H]1CCNC2. The van der Waals surface area contributed by atoms with E-state index in [0.717, 1.165) is 71.5 Å². The average Bonchev–Trinajstić information content (AvgIpc) is 2.74. The molecule has 3 atom stereocenters. The highest BCUT2D eigenvalue weighted by molar-refractivity contribution is 5.85. The van der Waals surface area contributed by atoms with E-state index < -0.39 is 0 Å². The Hall–Kier alpha value is -0.920. The number of hydrogen-bond acceptors (Lipinski definition) is 5. The third-order valence-electron chi connectivity index (χ3n) is 6.83. The highest BCUT2D eigenvalue weighted by Crippen LogP contribution is 2.46. The molecule has 1 saturated carbocycles. The Morgan fingerprint density at radius 1 is 1.24 bits per heavy atom. The van der Waals surface area contributed by atoms with Gasteiger partial charge in [0.25, 0.3) is 0 Å². The maximum absolute atomic E-state index is 13.2. The van der Waals surface area contributed by atoms with Crippen molar-refractivity contribution in [1.29, 1.82) is 0 Å². The van der Waals surface area contributed by atoms with Gasteiger partial charge < -0.3 is 15.4 Å². The smallest absolute Gasteiger partial charge is 0.227 e. The number of piperidine rings is 1. The molecule has 3 heterocycles. The minimum atomic E-state index is -0.223. The number of carbonyl (C=O) groups excluding carboxylic acids is 1. The van der Waals surface area contributed by atoms with E-state index >= 15 is 0 Å². The fraction of sp³-hybridized carbons (Fsp3) is 0.714. The van der Waals surface area contributed by atoms with Crippen molar-refractivity contribution in [2.45, 2.75) is 38.1 Å². The number of ether oxygens (including phenoxy) is 1. The van der Waals surface area contributed by atoms with Gasteiger partial charge in [0.15, 0.2) is 0 Å². The summed E-state index contributed by atoms with van der Waals surface area (Å²) in [5.74, 6) is 0.746. The number of nitrogens with zero attached hydrogens (tertiary/aromatic N) is 2. The van der Waals surface area contributed by atoms with Crippen molar-refractivity contribution < 1.29 is 9.53 Å². The molecule has 0 spiro atoms. The summed E-state index contributed by atoms with van der Waals surface area (Å²) in [5.41, 5.74) is 0.997. The van der Waals surface area contributed by atoms with Crippen molar-refractivity contribution in [3.63, 3.8) is 0 Å². The van der Waals surface area contributed by atoms with Crippen LogP contribution in [0.3, 0.4) is 0 Å². The quantitative estimate of drug-likeness (QED) is 0.727. The zero-order valence-corrected chi connectivity index (χ0v) is 18.6. The van der Waals surface area contributed by atoms with Crippen molar-refractivity contribution in [3.05, 3.63) is 30.1 Å². The molecule has 6 nitrogen and oxygen atoms in total. The van der Waals surface area contributed by atoms with Gasteiger partial charge >= 0.3 is 0 Å². The lowest BCUT2D eigenvalue weighted by molar-refractivity contribution is -0.140. The fourth-order valence-electron chi connectivity index (χ4n) is 5.21. The number of nitrogens with one attached hydrogen (secondary N) is 2. The Labute approximate surface area is 186 Å². The number of hydrogen-bond donors (Lipinski definition) is 2. The predicted octanol–water partition coefficient (Wildman–Crippen LogP) is 2.06. The second-order valence-electron chi connectivity index (χ2n) is 8.26. The molecular weight excluding hydrogens is 411 g/mol. The molecule has 3 fully saturated rings. The minimum absolute atomic E-state index is 0. The molecule has 164 valence electrons. The summed E-state index contributed by atoms with van der Waals surface area (Å²) in [5, 5.41) is 6.76. The van der Waals surface area contributed by atoms with Gasteiger partial charge in [0.1, 0.15) is 0 Å². The van der Waals surface area contributed by atoms with Gasteiger partial charge in [0, 0.05) is 44.6 Å². The van der Waals surface area contributed by atoms with Gasteiger partial charge in [-0.3, -0.25) is 14.7 Å². The van der Waals surface area contributed by atoms with Crippen LogP contribution in [0.5, 0.6) is 0 Å². The topological polar surface area (TPSA) is 66.5 Å². The molecule has 1 aliphatic carbocycles. The van der Waals surface area contributed by atoms with Gasteiger partial charge in [-0.05, 0) is 62.3 Å². The second kappa shape index (κ2) is 11.5. The molecule has 1 aromatic rings. The summed E-state index contributed by atoms with van der Waals surface area (Å²) in [4.78, 5) is 19.9. The van der Waals surface area contributed by atoms with Gasteiger partial charge in [0.05, 0.1) is 18.6 Å².